The second-order valence-electron chi connectivity index (χ2n) is 8.23. The number of benzene rings is 2. The second-order valence-corrected chi connectivity index (χ2v) is 11.1. The Morgan fingerprint density at radius 2 is 1.62 bits per heavy atom. The van der Waals surface area contributed by atoms with Crippen LogP contribution in [0.25, 0.3) is 0 Å². The number of carbonyl (C=O) groups is 2. The molecular formula is C23H30Cl2N4O4S. The van der Waals surface area contributed by atoms with E-state index in [-0.39, 0.29) is 18.5 Å². The number of para-hydroxylation sites is 1. The lowest BCUT2D eigenvalue weighted by molar-refractivity contribution is -0.139. The highest BCUT2D eigenvalue weighted by Crippen LogP contribution is 2.24. The molecule has 1 N–H and O–H groups in total. The van der Waals surface area contributed by atoms with Crippen LogP contribution in [0, 0.1) is 0 Å². The van der Waals surface area contributed by atoms with Crippen LogP contribution in [0.2, 0.25) is 10.0 Å². The minimum atomic E-state index is -4.00. The first kappa shape index (κ1) is 27.9. The van der Waals surface area contributed by atoms with Gasteiger partial charge >= 0.3 is 10.2 Å². The molecule has 0 bridgehead atoms. The van der Waals surface area contributed by atoms with E-state index < -0.39 is 28.7 Å². The van der Waals surface area contributed by atoms with E-state index in [1.54, 1.807) is 55.5 Å². The average Bonchev–Trinajstić information content (AvgIpc) is 2.76. The smallest absolute Gasteiger partial charge is 0.304 e. The number of amides is 2. The molecule has 0 unspecified atom stereocenters. The molecule has 0 aliphatic carbocycles. The Morgan fingerprint density at radius 3 is 2.15 bits per heavy atom. The fourth-order valence-corrected chi connectivity index (χ4v) is 4.66. The highest BCUT2D eigenvalue weighted by molar-refractivity contribution is 7.90. The van der Waals surface area contributed by atoms with Crippen molar-refractivity contribution < 1.29 is 18.0 Å². The molecule has 0 aliphatic heterocycles. The van der Waals surface area contributed by atoms with Crippen molar-refractivity contribution in [2.24, 2.45) is 0 Å². The summed E-state index contributed by atoms with van der Waals surface area (Å²) >= 11 is 12.3. The predicted molar refractivity (Wildman–Crippen MR) is 136 cm³/mol. The molecule has 0 aliphatic rings. The normalized spacial score (nSPS) is 12.5. The van der Waals surface area contributed by atoms with E-state index in [9.17, 15) is 18.0 Å². The molecule has 2 rings (SSSR count). The summed E-state index contributed by atoms with van der Waals surface area (Å²) in [4.78, 5) is 27.7. The third-order valence-electron chi connectivity index (χ3n) is 5.02. The number of nitrogens with one attached hydrogen (secondary N) is 1. The van der Waals surface area contributed by atoms with E-state index in [0.717, 1.165) is 8.61 Å². The van der Waals surface area contributed by atoms with Gasteiger partial charge in [-0.1, -0.05) is 47.5 Å². The van der Waals surface area contributed by atoms with Crippen molar-refractivity contribution in [1.82, 2.24) is 14.5 Å². The number of hydrogen-bond donors (Lipinski definition) is 1. The summed E-state index contributed by atoms with van der Waals surface area (Å²) in [6.45, 7) is 4.70. The van der Waals surface area contributed by atoms with Crippen LogP contribution in [0.3, 0.4) is 0 Å². The van der Waals surface area contributed by atoms with E-state index in [1.165, 1.54) is 19.0 Å². The summed E-state index contributed by atoms with van der Waals surface area (Å²) in [5.74, 6) is -0.929. The lowest BCUT2D eigenvalue weighted by Gasteiger charge is -2.33. The van der Waals surface area contributed by atoms with Gasteiger partial charge in [0.05, 0.1) is 5.69 Å². The number of carbonyl (C=O) groups excluding carboxylic acids is 2. The molecule has 186 valence electrons. The number of halogens is 2. The standard InChI is InChI=1S/C23H30Cl2N4O4S/c1-16(2)26-23(31)17(3)28(14-18-11-12-19(24)13-21(18)25)22(30)15-29(34(32,33)27(4)5)20-9-7-6-8-10-20/h6-13,16-17H,14-15H2,1-5H3,(H,26,31)/t17-/m0/s1. The highest BCUT2D eigenvalue weighted by Gasteiger charge is 2.32. The van der Waals surface area contributed by atoms with Crippen molar-refractivity contribution in [2.75, 3.05) is 24.9 Å². The Balaban J connectivity index is 2.46. The number of anilines is 1. The van der Waals surface area contributed by atoms with Crippen molar-refractivity contribution in [1.29, 1.82) is 0 Å². The highest BCUT2D eigenvalue weighted by atomic mass is 35.5. The lowest BCUT2D eigenvalue weighted by Crippen LogP contribution is -2.53. The molecular weight excluding hydrogens is 499 g/mol. The van der Waals surface area contributed by atoms with E-state index in [0.29, 0.717) is 21.3 Å². The summed E-state index contributed by atoms with van der Waals surface area (Å²) in [7, 11) is -1.22. The fourth-order valence-electron chi connectivity index (χ4n) is 3.13. The average molecular weight is 529 g/mol. The number of hydrogen-bond acceptors (Lipinski definition) is 4. The zero-order valence-electron chi connectivity index (χ0n) is 19.8. The molecule has 8 nitrogen and oxygen atoms in total. The van der Waals surface area contributed by atoms with Gasteiger partial charge in [-0.05, 0) is 50.6 Å². The van der Waals surface area contributed by atoms with Gasteiger partial charge in [0, 0.05) is 36.7 Å². The van der Waals surface area contributed by atoms with Crippen LogP contribution in [0.5, 0.6) is 0 Å². The molecule has 0 saturated carbocycles. The van der Waals surface area contributed by atoms with Crippen LogP contribution >= 0.6 is 23.2 Å². The van der Waals surface area contributed by atoms with Crippen molar-refractivity contribution in [2.45, 2.75) is 39.4 Å². The Labute approximate surface area is 211 Å². The van der Waals surface area contributed by atoms with Gasteiger partial charge in [-0.25, -0.2) is 4.31 Å². The van der Waals surface area contributed by atoms with Crippen LogP contribution in [0.1, 0.15) is 26.3 Å². The van der Waals surface area contributed by atoms with Gasteiger partial charge in [-0.15, -0.1) is 0 Å². The molecule has 1 atom stereocenters. The maximum atomic E-state index is 13.6. The SMILES string of the molecule is CC(C)NC(=O)[C@H](C)N(Cc1ccc(Cl)cc1Cl)C(=O)CN(c1ccccc1)S(=O)(=O)N(C)C. The van der Waals surface area contributed by atoms with E-state index in [2.05, 4.69) is 5.32 Å². The summed E-state index contributed by atoms with van der Waals surface area (Å²) in [6, 6.07) is 12.1. The Hall–Kier alpha value is -2.33. The minimum Gasteiger partial charge on any atom is -0.352 e. The van der Waals surface area contributed by atoms with E-state index in [1.807, 2.05) is 13.8 Å². The molecule has 2 amide bonds. The van der Waals surface area contributed by atoms with Crippen LogP contribution < -0.4 is 9.62 Å². The van der Waals surface area contributed by atoms with Crippen LogP contribution in [-0.2, 0) is 26.3 Å². The molecule has 0 radical (unpaired) electrons. The third-order valence-corrected chi connectivity index (χ3v) is 7.42. The molecule has 0 spiro atoms. The van der Waals surface area contributed by atoms with Gasteiger partial charge in [-0.3, -0.25) is 9.59 Å². The maximum Gasteiger partial charge on any atom is 0.304 e. The molecule has 0 aromatic heterocycles. The minimum absolute atomic E-state index is 0.00778. The van der Waals surface area contributed by atoms with Gasteiger partial charge < -0.3 is 10.2 Å². The van der Waals surface area contributed by atoms with Gasteiger partial charge in [-0.2, -0.15) is 12.7 Å². The van der Waals surface area contributed by atoms with Gasteiger partial charge in [0.15, 0.2) is 0 Å². The van der Waals surface area contributed by atoms with Crippen molar-refractivity contribution >= 4 is 50.9 Å². The molecule has 0 heterocycles. The van der Waals surface area contributed by atoms with E-state index in [4.69, 9.17) is 23.2 Å². The van der Waals surface area contributed by atoms with Gasteiger partial charge in [0.25, 0.3) is 0 Å². The third kappa shape index (κ3) is 7.09. The summed E-state index contributed by atoms with van der Waals surface area (Å²) in [5.41, 5.74) is 0.902. The van der Waals surface area contributed by atoms with Crippen molar-refractivity contribution in [3.8, 4) is 0 Å². The Kier molecular flexibility index (Phi) is 9.75. The largest absolute Gasteiger partial charge is 0.352 e. The molecule has 11 heteroatoms. The fraction of sp³-hybridized carbons (Fsp3) is 0.391. The zero-order chi connectivity index (χ0) is 25.6. The Morgan fingerprint density at radius 1 is 1.00 bits per heavy atom. The molecule has 2 aromatic carbocycles. The van der Waals surface area contributed by atoms with Gasteiger partial charge in [0.2, 0.25) is 11.8 Å². The molecule has 2 aromatic rings. The quantitative estimate of drug-likeness (QED) is 0.510. The lowest BCUT2D eigenvalue weighted by atomic mass is 10.1. The second kappa shape index (κ2) is 11.9. The summed E-state index contributed by atoms with van der Waals surface area (Å²) in [6.07, 6.45) is 0. The maximum absolute atomic E-state index is 13.6. The molecule has 34 heavy (non-hydrogen) atoms. The summed E-state index contributed by atoms with van der Waals surface area (Å²) < 4.78 is 28.2. The topological polar surface area (TPSA) is 90.0 Å². The number of nitrogens with zero attached hydrogens (tertiary/aromatic N) is 3. The van der Waals surface area contributed by atoms with Crippen molar-refractivity contribution in [3.63, 3.8) is 0 Å². The monoisotopic (exact) mass is 528 g/mol. The van der Waals surface area contributed by atoms with E-state index >= 15 is 0 Å². The van der Waals surface area contributed by atoms with Crippen molar-refractivity contribution in [3.05, 3.63) is 64.1 Å². The number of rotatable bonds is 10. The molecule has 0 fully saturated rings. The van der Waals surface area contributed by atoms with Crippen LogP contribution in [0.15, 0.2) is 48.5 Å². The Bertz CT molecular complexity index is 1110. The van der Waals surface area contributed by atoms with Crippen LogP contribution in [-0.4, -0.2) is 62.2 Å². The zero-order valence-corrected chi connectivity index (χ0v) is 22.2. The predicted octanol–water partition coefficient (Wildman–Crippen LogP) is 3.55. The molecule has 0 saturated heterocycles. The first-order valence-corrected chi connectivity index (χ1v) is 12.8. The van der Waals surface area contributed by atoms with Crippen LogP contribution in [0.4, 0.5) is 5.69 Å². The first-order valence-electron chi connectivity index (χ1n) is 10.6. The first-order chi connectivity index (χ1) is 15.8. The summed E-state index contributed by atoms with van der Waals surface area (Å²) in [5, 5.41) is 3.56. The van der Waals surface area contributed by atoms with Gasteiger partial charge in [0.1, 0.15) is 12.6 Å².